The second-order valence-electron chi connectivity index (χ2n) is 5.09. The standard InChI is InChI=1S/C17H22N4O2S/c1-21(14-5-7-15(22-2)8-6-14)11-10-18-17(24)20-13-4-9-16(23-3)19-12-13/h4-9,12H,10-11H2,1-3H3,(H2,18,20,24). The fraction of sp³-hybridized carbons (Fsp3) is 0.294. The summed E-state index contributed by atoms with van der Waals surface area (Å²) in [6.45, 7) is 1.53. The summed E-state index contributed by atoms with van der Waals surface area (Å²) in [5, 5.41) is 6.83. The molecule has 0 saturated carbocycles. The first-order valence-electron chi connectivity index (χ1n) is 7.52. The van der Waals surface area contributed by atoms with Gasteiger partial charge in [0.2, 0.25) is 5.88 Å². The number of benzene rings is 1. The summed E-state index contributed by atoms with van der Waals surface area (Å²) >= 11 is 5.28. The van der Waals surface area contributed by atoms with Crippen LogP contribution in [-0.4, -0.2) is 44.5 Å². The number of aromatic nitrogens is 1. The van der Waals surface area contributed by atoms with Crippen LogP contribution >= 0.6 is 12.2 Å². The van der Waals surface area contributed by atoms with Crippen molar-refractivity contribution in [1.82, 2.24) is 10.3 Å². The number of nitrogens with zero attached hydrogens (tertiary/aromatic N) is 2. The fourth-order valence-electron chi connectivity index (χ4n) is 2.05. The topological polar surface area (TPSA) is 58.7 Å². The lowest BCUT2D eigenvalue weighted by Crippen LogP contribution is -2.35. The lowest BCUT2D eigenvalue weighted by atomic mass is 10.3. The van der Waals surface area contributed by atoms with Crippen molar-refractivity contribution in [2.75, 3.05) is 44.6 Å². The maximum atomic E-state index is 5.28. The molecule has 0 radical (unpaired) electrons. The van der Waals surface area contributed by atoms with Crippen LogP contribution in [-0.2, 0) is 0 Å². The first-order valence-corrected chi connectivity index (χ1v) is 7.93. The molecule has 7 heteroatoms. The third kappa shape index (κ3) is 5.27. The smallest absolute Gasteiger partial charge is 0.213 e. The van der Waals surface area contributed by atoms with Gasteiger partial charge in [-0.15, -0.1) is 0 Å². The van der Waals surface area contributed by atoms with Gasteiger partial charge in [0.05, 0.1) is 26.1 Å². The SMILES string of the molecule is COc1ccc(N(C)CCNC(=S)Nc2ccc(OC)nc2)cc1. The van der Waals surface area contributed by atoms with E-state index < -0.39 is 0 Å². The average Bonchev–Trinajstić information content (AvgIpc) is 2.62. The molecular formula is C17H22N4O2S. The Morgan fingerprint density at radius 2 is 1.88 bits per heavy atom. The maximum absolute atomic E-state index is 5.28. The molecule has 0 unspecified atom stereocenters. The Balaban J connectivity index is 1.74. The highest BCUT2D eigenvalue weighted by Crippen LogP contribution is 2.17. The highest BCUT2D eigenvalue weighted by molar-refractivity contribution is 7.80. The van der Waals surface area contributed by atoms with Crippen molar-refractivity contribution >= 4 is 28.7 Å². The number of thiocarbonyl (C=S) groups is 1. The van der Waals surface area contributed by atoms with Gasteiger partial charge in [-0.1, -0.05) is 0 Å². The summed E-state index contributed by atoms with van der Waals surface area (Å²) < 4.78 is 10.2. The van der Waals surface area contributed by atoms with Gasteiger partial charge in [0.25, 0.3) is 0 Å². The first-order chi connectivity index (χ1) is 11.6. The van der Waals surface area contributed by atoms with E-state index in [2.05, 4.69) is 20.5 Å². The van der Waals surface area contributed by atoms with Gasteiger partial charge >= 0.3 is 0 Å². The van der Waals surface area contributed by atoms with Crippen molar-refractivity contribution in [1.29, 1.82) is 0 Å². The second kappa shape index (κ2) is 8.93. The van der Waals surface area contributed by atoms with E-state index in [1.807, 2.05) is 37.4 Å². The van der Waals surface area contributed by atoms with Gasteiger partial charge in [0.1, 0.15) is 5.75 Å². The number of hydrogen-bond donors (Lipinski definition) is 2. The molecular weight excluding hydrogens is 324 g/mol. The molecule has 0 saturated heterocycles. The van der Waals surface area contributed by atoms with Gasteiger partial charge in [-0.25, -0.2) is 4.98 Å². The molecule has 2 rings (SSSR count). The highest BCUT2D eigenvalue weighted by atomic mass is 32.1. The summed E-state index contributed by atoms with van der Waals surface area (Å²) in [6, 6.07) is 11.6. The third-order valence-corrected chi connectivity index (χ3v) is 3.70. The van der Waals surface area contributed by atoms with Crippen LogP contribution in [0.4, 0.5) is 11.4 Å². The van der Waals surface area contributed by atoms with Crippen molar-refractivity contribution < 1.29 is 9.47 Å². The van der Waals surface area contributed by atoms with Crippen LogP contribution in [0.5, 0.6) is 11.6 Å². The Labute approximate surface area is 147 Å². The lowest BCUT2D eigenvalue weighted by molar-refractivity contribution is 0.398. The molecule has 0 amide bonds. The van der Waals surface area contributed by atoms with Crippen LogP contribution in [0.25, 0.3) is 0 Å². The number of rotatable bonds is 7. The normalized spacial score (nSPS) is 9.96. The molecule has 0 aliphatic carbocycles. The Hall–Kier alpha value is -2.54. The summed E-state index contributed by atoms with van der Waals surface area (Å²) in [5.41, 5.74) is 1.94. The largest absolute Gasteiger partial charge is 0.497 e. The zero-order valence-corrected chi connectivity index (χ0v) is 14.9. The summed E-state index contributed by atoms with van der Waals surface area (Å²) in [6.07, 6.45) is 1.68. The maximum Gasteiger partial charge on any atom is 0.213 e. The first kappa shape index (κ1) is 17.8. The van der Waals surface area contributed by atoms with Crippen LogP contribution in [0.15, 0.2) is 42.6 Å². The number of nitrogens with one attached hydrogen (secondary N) is 2. The van der Waals surface area contributed by atoms with Crippen molar-refractivity contribution in [3.05, 3.63) is 42.6 Å². The van der Waals surface area contributed by atoms with Crippen LogP contribution < -0.4 is 25.0 Å². The Morgan fingerprint density at radius 3 is 2.46 bits per heavy atom. The van der Waals surface area contributed by atoms with E-state index in [0.29, 0.717) is 11.0 Å². The summed E-state index contributed by atoms with van der Waals surface area (Å²) in [4.78, 5) is 6.26. The molecule has 2 N–H and O–H groups in total. The highest BCUT2D eigenvalue weighted by Gasteiger charge is 2.03. The zero-order chi connectivity index (χ0) is 17.4. The van der Waals surface area contributed by atoms with E-state index in [0.717, 1.165) is 30.2 Å². The van der Waals surface area contributed by atoms with Gasteiger partial charge in [0, 0.05) is 31.9 Å². The average molecular weight is 346 g/mol. The molecule has 1 heterocycles. The number of pyridine rings is 1. The second-order valence-corrected chi connectivity index (χ2v) is 5.50. The van der Waals surface area contributed by atoms with E-state index in [4.69, 9.17) is 21.7 Å². The van der Waals surface area contributed by atoms with Crippen LogP contribution in [0.2, 0.25) is 0 Å². The van der Waals surface area contributed by atoms with Crippen LogP contribution in [0.3, 0.4) is 0 Å². The molecule has 128 valence electrons. The predicted molar refractivity (Wildman–Crippen MR) is 101 cm³/mol. The summed E-state index contributed by atoms with van der Waals surface area (Å²) in [7, 11) is 5.28. The van der Waals surface area contributed by atoms with E-state index >= 15 is 0 Å². The third-order valence-electron chi connectivity index (χ3n) is 3.45. The zero-order valence-electron chi connectivity index (χ0n) is 14.1. The monoisotopic (exact) mass is 346 g/mol. The molecule has 0 spiro atoms. The van der Waals surface area contributed by atoms with Crippen LogP contribution in [0, 0.1) is 0 Å². The molecule has 1 aromatic heterocycles. The minimum atomic E-state index is 0.560. The Kier molecular flexibility index (Phi) is 6.62. The quantitative estimate of drug-likeness (QED) is 0.747. The van der Waals surface area contributed by atoms with Gasteiger partial charge < -0.3 is 25.0 Å². The molecule has 0 fully saturated rings. The van der Waals surface area contributed by atoms with Crippen molar-refractivity contribution in [2.24, 2.45) is 0 Å². The minimum Gasteiger partial charge on any atom is -0.497 e. The van der Waals surface area contributed by atoms with Gasteiger partial charge in [-0.3, -0.25) is 0 Å². The molecule has 24 heavy (non-hydrogen) atoms. The molecule has 1 aromatic carbocycles. The molecule has 2 aromatic rings. The number of methoxy groups -OCH3 is 2. The lowest BCUT2D eigenvalue weighted by Gasteiger charge is -2.20. The van der Waals surface area contributed by atoms with E-state index in [-0.39, 0.29) is 0 Å². The number of hydrogen-bond acceptors (Lipinski definition) is 5. The van der Waals surface area contributed by atoms with Crippen molar-refractivity contribution in [3.8, 4) is 11.6 Å². The minimum absolute atomic E-state index is 0.560. The molecule has 0 aliphatic heterocycles. The Bertz CT molecular complexity index is 647. The number of anilines is 2. The van der Waals surface area contributed by atoms with E-state index in [1.54, 1.807) is 26.5 Å². The van der Waals surface area contributed by atoms with Gasteiger partial charge in [0.15, 0.2) is 5.11 Å². The molecule has 6 nitrogen and oxygen atoms in total. The van der Waals surface area contributed by atoms with Crippen LogP contribution in [0.1, 0.15) is 0 Å². The number of ether oxygens (including phenoxy) is 2. The van der Waals surface area contributed by atoms with E-state index in [9.17, 15) is 0 Å². The van der Waals surface area contributed by atoms with E-state index in [1.165, 1.54) is 0 Å². The summed E-state index contributed by atoms with van der Waals surface area (Å²) in [5.74, 6) is 1.42. The van der Waals surface area contributed by atoms with Gasteiger partial charge in [-0.2, -0.15) is 0 Å². The predicted octanol–water partition coefficient (Wildman–Crippen LogP) is 2.52. The number of likely N-dealkylation sites (N-methyl/N-ethyl adjacent to an activating group) is 1. The molecule has 0 bridgehead atoms. The fourth-order valence-corrected chi connectivity index (χ4v) is 2.27. The van der Waals surface area contributed by atoms with Crippen molar-refractivity contribution in [2.45, 2.75) is 0 Å². The van der Waals surface area contributed by atoms with Crippen molar-refractivity contribution in [3.63, 3.8) is 0 Å². The Morgan fingerprint density at radius 1 is 1.12 bits per heavy atom. The van der Waals surface area contributed by atoms with Gasteiger partial charge in [-0.05, 0) is 42.5 Å². The molecule has 0 atom stereocenters. The molecule has 0 aliphatic rings.